The van der Waals surface area contributed by atoms with Crippen molar-refractivity contribution in [3.8, 4) is 5.75 Å². The van der Waals surface area contributed by atoms with Crippen molar-refractivity contribution in [2.45, 2.75) is 64.6 Å². The third kappa shape index (κ3) is 7.22. The summed E-state index contributed by atoms with van der Waals surface area (Å²) in [6.07, 6.45) is 5.51. The van der Waals surface area contributed by atoms with Crippen molar-refractivity contribution in [2.24, 2.45) is 0 Å². The average molecular weight is 516 g/mol. The monoisotopic (exact) mass is 515 g/mol. The minimum absolute atomic E-state index is 0.118. The Morgan fingerprint density at radius 1 is 1.11 bits per heavy atom. The van der Waals surface area contributed by atoms with Crippen LogP contribution in [0.1, 0.15) is 50.2 Å². The normalized spacial score (nSPS) is 14.8. The molecule has 0 bridgehead atoms. The zero-order valence-corrected chi connectivity index (χ0v) is 22.4. The van der Waals surface area contributed by atoms with Crippen LogP contribution in [-0.2, 0) is 26.2 Å². The Hall–Kier alpha value is -3.07. The number of benzene rings is 2. The molecule has 0 spiro atoms. The van der Waals surface area contributed by atoms with Gasteiger partial charge in [0.25, 0.3) is 0 Å². The first-order chi connectivity index (χ1) is 17.1. The van der Waals surface area contributed by atoms with Crippen LogP contribution in [0, 0.1) is 6.92 Å². The number of hydrogen-bond acceptors (Lipinski definition) is 5. The fourth-order valence-electron chi connectivity index (χ4n) is 4.56. The van der Waals surface area contributed by atoms with Crippen molar-refractivity contribution >= 4 is 27.5 Å². The molecule has 0 heterocycles. The fourth-order valence-corrected chi connectivity index (χ4v) is 5.40. The Kier molecular flexibility index (Phi) is 9.37. The Balaban J connectivity index is 1.92. The van der Waals surface area contributed by atoms with Crippen LogP contribution >= 0.6 is 0 Å². The topological polar surface area (TPSA) is 96.0 Å². The Bertz CT molecular complexity index is 1140. The molecule has 0 unspecified atom stereocenters. The number of methoxy groups -OCH3 is 1. The minimum Gasteiger partial charge on any atom is -0.497 e. The van der Waals surface area contributed by atoms with Crippen LogP contribution in [0.5, 0.6) is 5.75 Å². The van der Waals surface area contributed by atoms with Gasteiger partial charge in [-0.2, -0.15) is 0 Å². The van der Waals surface area contributed by atoms with Crippen molar-refractivity contribution in [2.75, 3.05) is 24.2 Å². The average Bonchev–Trinajstić information content (AvgIpc) is 3.35. The van der Waals surface area contributed by atoms with Gasteiger partial charge < -0.3 is 15.0 Å². The maximum Gasteiger partial charge on any atom is 0.244 e. The Morgan fingerprint density at radius 3 is 2.36 bits per heavy atom. The van der Waals surface area contributed by atoms with Crippen molar-refractivity contribution in [1.82, 2.24) is 10.2 Å². The van der Waals surface area contributed by atoms with Crippen molar-refractivity contribution < 1.29 is 22.7 Å². The summed E-state index contributed by atoms with van der Waals surface area (Å²) in [6.45, 7) is 3.62. The fraction of sp³-hybridized carbons (Fsp3) is 0.481. The highest BCUT2D eigenvalue weighted by atomic mass is 32.2. The number of amides is 2. The Morgan fingerprint density at radius 2 is 1.78 bits per heavy atom. The highest BCUT2D eigenvalue weighted by molar-refractivity contribution is 7.92. The summed E-state index contributed by atoms with van der Waals surface area (Å²) in [5, 5.41) is 3.11. The summed E-state index contributed by atoms with van der Waals surface area (Å²) in [4.78, 5) is 28.6. The molecule has 1 aliphatic carbocycles. The summed E-state index contributed by atoms with van der Waals surface area (Å²) in [5.41, 5.74) is 2.28. The lowest BCUT2D eigenvalue weighted by molar-refractivity contribution is -0.140. The predicted molar refractivity (Wildman–Crippen MR) is 141 cm³/mol. The van der Waals surface area contributed by atoms with Gasteiger partial charge in [0.15, 0.2) is 0 Å². The zero-order valence-electron chi connectivity index (χ0n) is 21.6. The van der Waals surface area contributed by atoms with Gasteiger partial charge in [-0.05, 0) is 43.9 Å². The van der Waals surface area contributed by atoms with Gasteiger partial charge in [-0.25, -0.2) is 8.42 Å². The quantitative estimate of drug-likeness (QED) is 0.493. The molecule has 8 nitrogen and oxygen atoms in total. The number of rotatable bonds is 11. The molecule has 2 aromatic carbocycles. The van der Waals surface area contributed by atoms with Crippen LogP contribution in [0.15, 0.2) is 48.5 Å². The number of sulfonamides is 1. The maximum absolute atomic E-state index is 13.7. The van der Waals surface area contributed by atoms with E-state index in [-0.39, 0.29) is 18.5 Å². The second kappa shape index (κ2) is 12.3. The Labute approximate surface area is 214 Å². The zero-order chi connectivity index (χ0) is 26.3. The summed E-state index contributed by atoms with van der Waals surface area (Å²) < 4.78 is 31.7. The molecule has 1 atom stereocenters. The van der Waals surface area contributed by atoms with E-state index in [0.29, 0.717) is 17.9 Å². The first-order valence-electron chi connectivity index (χ1n) is 12.4. The maximum atomic E-state index is 13.7. The standard InChI is InChI=1S/C27H37N3O5S/c1-5-25(27(32)28-22-9-6-7-10-22)29(18-21-15-13-20(2)14-16-21)26(31)19-30(36(4,33)34)23-11-8-12-24(17-23)35-3/h8,11-17,22,25H,5-7,9-10,18-19H2,1-4H3,(H,28,32)/t25-/m0/s1. The van der Waals surface area contributed by atoms with E-state index < -0.39 is 28.5 Å². The third-order valence-electron chi connectivity index (χ3n) is 6.58. The van der Waals surface area contributed by atoms with E-state index in [1.54, 1.807) is 24.3 Å². The smallest absolute Gasteiger partial charge is 0.244 e. The van der Waals surface area contributed by atoms with Crippen LogP contribution in [0.3, 0.4) is 0 Å². The van der Waals surface area contributed by atoms with Crippen molar-refractivity contribution in [1.29, 1.82) is 0 Å². The van der Waals surface area contributed by atoms with E-state index >= 15 is 0 Å². The molecule has 0 aliphatic heterocycles. The van der Waals surface area contributed by atoms with Crippen LogP contribution in [-0.4, -0.2) is 57.1 Å². The molecule has 3 rings (SSSR count). The lowest BCUT2D eigenvalue weighted by Gasteiger charge is -2.33. The molecule has 1 N–H and O–H groups in total. The van der Waals surface area contributed by atoms with E-state index in [4.69, 9.17) is 4.74 Å². The molecule has 1 aliphatic rings. The van der Waals surface area contributed by atoms with E-state index in [1.165, 1.54) is 12.0 Å². The number of carbonyl (C=O) groups is 2. The van der Waals surface area contributed by atoms with Gasteiger partial charge in [-0.3, -0.25) is 13.9 Å². The summed E-state index contributed by atoms with van der Waals surface area (Å²) in [5.74, 6) is -0.165. The summed E-state index contributed by atoms with van der Waals surface area (Å²) in [7, 11) is -2.30. The van der Waals surface area contributed by atoms with Crippen molar-refractivity contribution in [3.05, 3.63) is 59.7 Å². The molecule has 36 heavy (non-hydrogen) atoms. The van der Waals surface area contributed by atoms with E-state index in [2.05, 4.69) is 5.32 Å². The lowest BCUT2D eigenvalue weighted by atomic mass is 10.1. The number of aryl methyl sites for hydroxylation is 1. The highest BCUT2D eigenvalue weighted by Crippen LogP contribution is 2.24. The molecule has 2 amide bonds. The molecule has 1 fully saturated rings. The number of nitrogens with zero attached hydrogens (tertiary/aromatic N) is 2. The molecular formula is C27H37N3O5S. The molecular weight excluding hydrogens is 478 g/mol. The number of hydrogen-bond donors (Lipinski definition) is 1. The molecule has 1 saturated carbocycles. The van der Waals surface area contributed by atoms with Crippen molar-refractivity contribution in [3.63, 3.8) is 0 Å². The molecule has 0 aromatic heterocycles. The third-order valence-corrected chi connectivity index (χ3v) is 7.72. The van der Waals surface area contributed by atoms with Gasteiger partial charge in [0.1, 0.15) is 18.3 Å². The lowest BCUT2D eigenvalue weighted by Crippen LogP contribution is -2.53. The van der Waals surface area contributed by atoms with Gasteiger partial charge in [0.2, 0.25) is 21.8 Å². The molecule has 2 aromatic rings. The molecule has 0 saturated heterocycles. The minimum atomic E-state index is -3.79. The van der Waals surface area contributed by atoms with Crippen LogP contribution < -0.4 is 14.4 Å². The van der Waals surface area contributed by atoms with E-state index in [0.717, 1.165) is 47.4 Å². The van der Waals surface area contributed by atoms with Gasteiger partial charge in [-0.15, -0.1) is 0 Å². The number of carbonyl (C=O) groups excluding carboxylic acids is 2. The molecule has 0 radical (unpaired) electrons. The second-order valence-electron chi connectivity index (χ2n) is 9.39. The molecule has 9 heteroatoms. The van der Waals surface area contributed by atoms with Gasteiger partial charge in [0.05, 0.1) is 19.1 Å². The highest BCUT2D eigenvalue weighted by Gasteiger charge is 2.33. The van der Waals surface area contributed by atoms with Crippen LogP contribution in [0.25, 0.3) is 0 Å². The first kappa shape index (κ1) is 27.5. The van der Waals surface area contributed by atoms with Gasteiger partial charge in [0, 0.05) is 18.7 Å². The summed E-state index contributed by atoms with van der Waals surface area (Å²) >= 11 is 0. The largest absolute Gasteiger partial charge is 0.497 e. The number of anilines is 1. The SMILES string of the molecule is CC[C@@H](C(=O)NC1CCCC1)N(Cc1ccc(C)cc1)C(=O)CN(c1cccc(OC)c1)S(C)(=O)=O. The number of ether oxygens (including phenoxy) is 1. The van der Waals surface area contributed by atoms with Gasteiger partial charge >= 0.3 is 0 Å². The predicted octanol–water partition coefficient (Wildman–Crippen LogP) is 3.64. The van der Waals surface area contributed by atoms with E-state index in [9.17, 15) is 18.0 Å². The number of nitrogens with one attached hydrogen (secondary N) is 1. The molecule has 196 valence electrons. The van der Waals surface area contributed by atoms with E-state index in [1.807, 2.05) is 38.1 Å². The van der Waals surface area contributed by atoms with Crippen LogP contribution in [0.4, 0.5) is 5.69 Å². The van der Waals surface area contributed by atoms with Gasteiger partial charge in [-0.1, -0.05) is 55.7 Å². The second-order valence-corrected chi connectivity index (χ2v) is 11.3. The first-order valence-corrected chi connectivity index (χ1v) is 14.2. The summed E-state index contributed by atoms with van der Waals surface area (Å²) in [6, 6.07) is 13.7. The van der Waals surface area contributed by atoms with Crippen LogP contribution in [0.2, 0.25) is 0 Å².